The second-order valence-electron chi connectivity index (χ2n) is 4.95. The lowest BCUT2D eigenvalue weighted by Gasteiger charge is -2.17. The molecule has 1 aliphatic heterocycles. The van der Waals surface area contributed by atoms with Crippen LogP contribution >= 0.6 is 0 Å². The molecule has 2 aromatic rings. The van der Waals surface area contributed by atoms with Crippen LogP contribution < -0.4 is 10.1 Å². The maximum atomic E-state index is 5.83. The summed E-state index contributed by atoms with van der Waals surface area (Å²) < 4.78 is 5.83. The minimum Gasteiger partial charge on any atom is -0.493 e. The molecule has 0 aliphatic carbocycles. The monoisotopic (exact) mass is 253 g/mol. The lowest BCUT2D eigenvalue weighted by Crippen LogP contribution is -2.15. The Balaban J connectivity index is 2.04. The van der Waals surface area contributed by atoms with Crippen LogP contribution in [0.25, 0.3) is 11.1 Å². The van der Waals surface area contributed by atoms with Crippen molar-refractivity contribution >= 4 is 0 Å². The number of nitrogens with one attached hydrogen (secondary N) is 1. The van der Waals surface area contributed by atoms with E-state index < -0.39 is 0 Å². The Bertz CT molecular complexity index is 550. The maximum Gasteiger partial charge on any atom is 0.124 e. The number of fused-ring (bicyclic) bond motifs is 1. The van der Waals surface area contributed by atoms with Gasteiger partial charge in [0.2, 0.25) is 0 Å². The normalized spacial score (nSPS) is 18.3. The first kappa shape index (κ1) is 12.2. The summed E-state index contributed by atoms with van der Waals surface area (Å²) in [7, 11) is 2.02. The summed E-state index contributed by atoms with van der Waals surface area (Å²) in [6.07, 6.45) is 2.22. The van der Waals surface area contributed by atoms with Gasteiger partial charge in [-0.3, -0.25) is 0 Å². The molecule has 2 aromatic carbocycles. The van der Waals surface area contributed by atoms with E-state index in [-0.39, 0.29) is 0 Å². The van der Waals surface area contributed by atoms with E-state index in [1.807, 2.05) is 13.1 Å². The quantitative estimate of drug-likeness (QED) is 0.879. The lowest BCUT2D eigenvalue weighted by molar-refractivity contribution is 0.315. The number of hydrogen-bond donors (Lipinski definition) is 1. The van der Waals surface area contributed by atoms with Crippen molar-refractivity contribution in [2.75, 3.05) is 13.7 Å². The van der Waals surface area contributed by atoms with E-state index in [1.54, 1.807) is 0 Å². The fraction of sp³-hybridized carbons (Fsp3) is 0.294. The fourth-order valence-electron chi connectivity index (χ4n) is 2.69. The van der Waals surface area contributed by atoms with E-state index in [0.717, 1.165) is 25.2 Å². The third-order valence-corrected chi connectivity index (χ3v) is 3.74. The van der Waals surface area contributed by atoms with E-state index in [0.29, 0.717) is 6.04 Å². The topological polar surface area (TPSA) is 21.3 Å². The van der Waals surface area contributed by atoms with Crippen molar-refractivity contribution in [3.05, 3.63) is 54.1 Å². The lowest BCUT2D eigenvalue weighted by atomic mass is 9.97. The summed E-state index contributed by atoms with van der Waals surface area (Å²) in [5.41, 5.74) is 3.79. The predicted octanol–water partition coefficient (Wildman–Crippen LogP) is 3.79. The van der Waals surface area contributed by atoms with Gasteiger partial charge in [-0.05, 0) is 43.1 Å². The first-order valence-electron chi connectivity index (χ1n) is 6.88. The second kappa shape index (κ2) is 5.45. The molecule has 0 bridgehead atoms. The molecule has 1 atom stereocenters. The van der Waals surface area contributed by atoms with Crippen LogP contribution in [-0.4, -0.2) is 13.7 Å². The third-order valence-electron chi connectivity index (χ3n) is 3.74. The molecule has 0 spiro atoms. The molecule has 0 radical (unpaired) electrons. The van der Waals surface area contributed by atoms with Crippen molar-refractivity contribution in [3.8, 4) is 16.9 Å². The van der Waals surface area contributed by atoms with Gasteiger partial charge in [0, 0.05) is 11.6 Å². The van der Waals surface area contributed by atoms with E-state index in [9.17, 15) is 0 Å². The molecule has 0 saturated heterocycles. The van der Waals surface area contributed by atoms with Crippen molar-refractivity contribution < 1.29 is 4.74 Å². The maximum absolute atomic E-state index is 5.83. The molecule has 2 heteroatoms. The molecule has 1 aliphatic rings. The van der Waals surface area contributed by atoms with Crippen LogP contribution in [0.3, 0.4) is 0 Å². The average molecular weight is 253 g/mol. The molecular weight excluding hydrogens is 234 g/mol. The van der Waals surface area contributed by atoms with Crippen LogP contribution in [0.1, 0.15) is 24.4 Å². The van der Waals surface area contributed by atoms with Gasteiger partial charge in [-0.15, -0.1) is 0 Å². The molecular formula is C17H19NO. The molecule has 0 fully saturated rings. The molecule has 19 heavy (non-hydrogen) atoms. The standard InChI is InChI=1S/C17H19NO/c1-18-16-8-5-11-19-17-10-9-14(12-15(16)17)13-6-3-2-4-7-13/h2-4,6-7,9-10,12,16,18H,5,8,11H2,1H3. The average Bonchev–Trinajstić information content (AvgIpc) is 2.69. The Morgan fingerprint density at radius 1 is 1.05 bits per heavy atom. The molecule has 98 valence electrons. The highest BCUT2D eigenvalue weighted by Gasteiger charge is 2.18. The highest BCUT2D eigenvalue weighted by atomic mass is 16.5. The van der Waals surface area contributed by atoms with Crippen LogP contribution in [0.15, 0.2) is 48.5 Å². The second-order valence-corrected chi connectivity index (χ2v) is 4.95. The van der Waals surface area contributed by atoms with Crippen LogP contribution in [0.2, 0.25) is 0 Å². The highest BCUT2D eigenvalue weighted by molar-refractivity contribution is 5.66. The molecule has 1 heterocycles. The van der Waals surface area contributed by atoms with Gasteiger partial charge in [0.05, 0.1) is 6.61 Å². The van der Waals surface area contributed by atoms with E-state index in [1.165, 1.54) is 16.7 Å². The van der Waals surface area contributed by atoms with Gasteiger partial charge in [0.1, 0.15) is 5.75 Å². The van der Waals surface area contributed by atoms with Crippen molar-refractivity contribution in [2.45, 2.75) is 18.9 Å². The minimum absolute atomic E-state index is 0.390. The minimum atomic E-state index is 0.390. The van der Waals surface area contributed by atoms with Gasteiger partial charge in [0.15, 0.2) is 0 Å². The predicted molar refractivity (Wildman–Crippen MR) is 78.4 cm³/mol. The van der Waals surface area contributed by atoms with Crippen LogP contribution in [0.5, 0.6) is 5.75 Å². The number of rotatable bonds is 2. The van der Waals surface area contributed by atoms with Crippen molar-refractivity contribution in [2.24, 2.45) is 0 Å². The van der Waals surface area contributed by atoms with Crippen molar-refractivity contribution in [1.82, 2.24) is 5.32 Å². The van der Waals surface area contributed by atoms with E-state index in [4.69, 9.17) is 4.74 Å². The number of ether oxygens (including phenoxy) is 1. The molecule has 1 unspecified atom stereocenters. The largest absolute Gasteiger partial charge is 0.493 e. The first-order chi connectivity index (χ1) is 9.38. The smallest absolute Gasteiger partial charge is 0.124 e. The zero-order chi connectivity index (χ0) is 13.1. The zero-order valence-corrected chi connectivity index (χ0v) is 11.2. The van der Waals surface area contributed by atoms with Gasteiger partial charge in [-0.2, -0.15) is 0 Å². The molecule has 0 aromatic heterocycles. The Hall–Kier alpha value is -1.80. The van der Waals surface area contributed by atoms with Crippen molar-refractivity contribution in [1.29, 1.82) is 0 Å². The summed E-state index contributed by atoms with van der Waals surface area (Å²) in [4.78, 5) is 0. The highest BCUT2D eigenvalue weighted by Crippen LogP contribution is 2.34. The van der Waals surface area contributed by atoms with Gasteiger partial charge < -0.3 is 10.1 Å². The first-order valence-corrected chi connectivity index (χ1v) is 6.88. The van der Waals surface area contributed by atoms with Crippen molar-refractivity contribution in [3.63, 3.8) is 0 Å². The molecule has 3 rings (SSSR count). The van der Waals surface area contributed by atoms with E-state index in [2.05, 4.69) is 47.8 Å². The van der Waals surface area contributed by atoms with Gasteiger partial charge in [0.25, 0.3) is 0 Å². The van der Waals surface area contributed by atoms with Crippen LogP contribution in [0, 0.1) is 0 Å². The summed E-state index contributed by atoms with van der Waals surface area (Å²) in [6, 6.07) is 17.4. The molecule has 0 amide bonds. The zero-order valence-electron chi connectivity index (χ0n) is 11.2. The Morgan fingerprint density at radius 2 is 1.89 bits per heavy atom. The van der Waals surface area contributed by atoms with Gasteiger partial charge in [-0.1, -0.05) is 36.4 Å². The van der Waals surface area contributed by atoms with Gasteiger partial charge >= 0.3 is 0 Å². The Labute approximate surface area is 114 Å². The summed E-state index contributed by atoms with van der Waals surface area (Å²) in [6.45, 7) is 0.815. The summed E-state index contributed by atoms with van der Waals surface area (Å²) in [5.74, 6) is 1.02. The summed E-state index contributed by atoms with van der Waals surface area (Å²) >= 11 is 0. The summed E-state index contributed by atoms with van der Waals surface area (Å²) in [5, 5.41) is 3.40. The number of benzene rings is 2. The molecule has 0 saturated carbocycles. The van der Waals surface area contributed by atoms with Crippen LogP contribution in [0.4, 0.5) is 0 Å². The Kier molecular flexibility index (Phi) is 3.51. The fourth-order valence-corrected chi connectivity index (χ4v) is 2.69. The Morgan fingerprint density at radius 3 is 2.68 bits per heavy atom. The van der Waals surface area contributed by atoms with E-state index >= 15 is 0 Å². The van der Waals surface area contributed by atoms with Gasteiger partial charge in [-0.25, -0.2) is 0 Å². The third kappa shape index (κ3) is 2.49. The van der Waals surface area contributed by atoms with Crippen LogP contribution in [-0.2, 0) is 0 Å². The SMILES string of the molecule is CNC1CCCOc2ccc(-c3ccccc3)cc21. The molecule has 1 N–H and O–H groups in total. The molecule has 2 nitrogen and oxygen atoms in total. The number of hydrogen-bond acceptors (Lipinski definition) is 2.